The van der Waals surface area contributed by atoms with E-state index in [1.54, 1.807) is 12.1 Å². The Balaban J connectivity index is 1.61. The Labute approximate surface area is 129 Å². The number of aliphatic hydroxyl groups excluding tert-OH is 1. The van der Waals surface area contributed by atoms with E-state index in [1.807, 2.05) is 0 Å². The van der Waals surface area contributed by atoms with Gasteiger partial charge in [-0.2, -0.15) is 0 Å². The van der Waals surface area contributed by atoms with Crippen molar-refractivity contribution in [2.24, 2.45) is 0 Å². The molecule has 0 heterocycles. The summed E-state index contributed by atoms with van der Waals surface area (Å²) >= 11 is 0. The second-order valence-corrected chi connectivity index (χ2v) is 5.65. The fourth-order valence-electron chi connectivity index (χ4n) is 2.69. The third kappa shape index (κ3) is 4.96. The Morgan fingerprint density at radius 2 is 2.14 bits per heavy atom. The molecule has 1 saturated carbocycles. The van der Waals surface area contributed by atoms with Crippen LogP contribution in [0.2, 0.25) is 0 Å². The number of carbonyl (C=O) groups is 1. The first-order chi connectivity index (χ1) is 10.6. The van der Waals surface area contributed by atoms with E-state index in [1.165, 1.54) is 12.1 Å². The van der Waals surface area contributed by atoms with Gasteiger partial charge in [-0.3, -0.25) is 4.79 Å². The van der Waals surface area contributed by atoms with Crippen molar-refractivity contribution in [3.63, 3.8) is 0 Å². The molecule has 1 aromatic rings. The fraction of sp³-hybridized carbons (Fsp3) is 0.562. The lowest BCUT2D eigenvalue weighted by Gasteiger charge is -2.27. The van der Waals surface area contributed by atoms with Gasteiger partial charge in [-0.05, 0) is 25.0 Å². The van der Waals surface area contributed by atoms with Gasteiger partial charge in [0.25, 0.3) is 0 Å². The van der Waals surface area contributed by atoms with E-state index in [9.17, 15) is 14.3 Å². The van der Waals surface area contributed by atoms with E-state index in [-0.39, 0.29) is 37.0 Å². The molecule has 1 fully saturated rings. The zero-order valence-corrected chi connectivity index (χ0v) is 12.6. The summed E-state index contributed by atoms with van der Waals surface area (Å²) in [5.74, 6) is -0.0447. The third-order valence-corrected chi connectivity index (χ3v) is 3.98. The Morgan fingerprint density at radius 1 is 1.36 bits per heavy atom. The summed E-state index contributed by atoms with van der Waals surface area (Å²) in [6, 6.07) is 5.88. The Kier molecular flexibility index (Phi) is 6.15. The lowest BCUT2D eigenvalue weighted by Crippen LogP contribution is -2.50. The van der Waals surface area contributed by atoms with E-state index in [0.29, 0.717) is 12.3 Å². The van der Waals surface area contributed by atoms with E-state index >= 15 is 0 Å². The molecule has 0 atom stereocenters. The van der Waals surface area contributed by atoms with E-state index in [4.69, 9.17) is 4.74 Å². The van der Waals surface area contributed by atoms with Gasteiger partial charge in [0.05, 0.1) is 19.7 Å². The van der Waals surface area contributed by atoms with Crippen LogP contribution in [0, 0.1) is 5.82 Å². The number of amides is 1. The van der Waals surface area contributed by atoms with Crippen LogP contribution in [0.5, 0.6) is 5.75 Å². The molecule has 0 radical (unpaired) electrons. The molecule has 1 aliphatic rings. The summed E-state index contributed by atoms with van der Waals surface area (Å²) in [4.78, 5) is 11.8. The summed E-state index contributed by atoms with van der Waals surface area (Å²) in [6.07, 6.45) is 3.96. The van der Waals surface area contributed by atoms with E-state index in [0.717, 1.165) is 25.7 Å². The van der Waals surface area contributed by atoms with Gasteiger partial charge in [0.2, 0.25) is 5.91 Å². The van der Waals surface area contributed by atoms with Gasteiger partial charge in [0, 0.05) is 11.6 Å². The third-order valence-electron chi connectivity index (χ3n) is 3.98. The topological polar surface area (TPSA) is 70.6 Å². The standard InChI is InChI=1S/C16H23FN2O3/c17-13-4-3-5-14(10-13)22-9-8-18-15(21)11-19-16(12-20)6-1-2-7-16/h3-5,10,19-20H,1-2,6-9,11-12H2,(H,18,21). The molecule has 0 unspecified atom stereocenters. The Morgan fingerprint density at radius 3 is 2.82 bits per heavy atom. The molecule has 0 saturated heterocycles. The van der Waals surface area contributed by atoms with Gasteiger partial charge < -0.3 is 20.5 Å². The van der Waals surface area contributed by atoms with Crippen LogP contribution >= 0.6 is 0 Å². The molecule has 0 aromatic heterocycles. The van der Waals surface area contributed by atoms with Crippen molar-refractivity contribution in [2.75, 3.05) is 26.3 Å². The predicted octanol–water partition coefficient (Wildman–Crippen LogP) is 1.22. The number of hydrogen-bond donors (Lipinski definition) is 3. The van der Waals surface area contributed by atoms with Crippen LogP contribution in [0.3, 0.4) is 0 Å². The minimum Gasteiger partial charge on any atom is -0.492 e. The first kappa shape index (κ1) is 16.7. The molecule has 3 N–H and O–H groups in total. The minimum absolute atomic E-state index is 0.0585. The Bertz CT molecular complexity index is 490. The SMILES string of the molecule is O=C(CNC1(CO)CCCC1)NCCOc1cccc(F)c1. The first-order valence-corrected chi connectivity index (χ1v) is 7.64. The molecule has 122 valence electrons. The van der Waals surface area contributed by atoms with Crippen molar-refractivity contribution < 1.29 is 19.0 Å². The van der Waals surface area contributed by atoms with Crippen LogP contribution in [0.25, 0.3) is 0 Å². The number of carbonyl (C=O) groups excluding carboxylic acids is 1. The van der Waals surface area contributed by atoms with Gasteiger partial charge in [0.15, 0.2) is 0 Å². The molecule has 0 spiro atoms. The minimum atomic E-state index is -0.350. The molecule has 0 bridgehead atoms. The molecular formula is C16H23FN2O3. The quantitative estimate of drug-likeness (QED) is 0.631. The highest BCUT2D eigenvalue weighted by Gasteiger charge is 2.32. The van der Waals surface area contributed by atoms with Gasteiger partial charge in [-0.25, -0.2) is 4.39 Å². The largest absolute Gasteiger partial charge is 0.492 e. The highest BCUT2D eigenvalue weighted by atomic mass is 19.1. The summed E-state index contributed by atoms with van der Waals surface area (Å²) in [7, 11) is 0. The second-order valence-electron chi connectivity index (χ2n) is 5.65. The van der Waals surface area contributed by atoms with Crippen molar-refractivity contribution in [1.29, 1.82) is 0 Å². The molecule has 0 aliphatic heterocycles. The van der Waals surface area contributed by atoms with Gasteiger partial charge in [-0.15, -0.1) is 0 Å². The number of aliphatic hydroxyl groups is 1. The number of rotatable bonds is 8. The van der Waals surface area contributed by atoms with Crippen molar-refractivity contribution in [1.82, 2.24) is 10.6 Å². The lowest BCUT2D eigenvalue weighted by molar-refractivity contribution is -0.120. The Hall–Kier alpha value is -1.66. The fourth-order valence-corrected chi connectivity index (χ4v) is 2.69. The van der Waals surface area contributed by atoms with Crippen molar-refractivity contribution in [3.05, 3.63) is 30.1 Å². The summed E-state index contributed by atoms with van der Waals surface area (Å²) in [5, 5.41) is 15.3. The highest BCUT2D eigenvalue weighted by molar-refractivity contribution is 5.78. The molecule has 5 nitrogen and oxygen atoms in total. The molecule has 22 heavy (non-hydrogen) atoms. The van der Waals surface area contributed by atoms with Crippen molar-refractivity contribution >= 4 is 5.91 Å². The average molecular weight is 310 g/mol. The average Bonchev–Trinajstić information content (AvgIpc) is 2.99. The van der Waals surface area contributed by atoms with Gasteiger partial charge in [-0.1, -0.05) is 18.9 Å². The highest BCUT2D eigenvalue weighted by Crippen LogP contribution is 2.28. The zero-order valence-electron chi connectivity index (χ0n) is 12.6. The van der Waals surface area contributed by atoms with Crippen LogP contribution in [0.15, 0.2) is 24.3 Å². The zero-order chi connectivity index (χ0) is 15.8. The number of ether oxygens (including phenoxy) is 1. The van der Waals surface area contributed by atoms with Crippen LogP contribution in [-0.4, -0.2) is 42.9 Å². The summed E-state index contributed by atoms with van der Waals surface area (Å²) in [5.41, 5.74) is -0.296. The normalized spacial score (nSPS) is 16.5. The molecular weight excluding hydrogens is 287 g/mol. The maximum absolute atomic E-state index is 12.9. The number of halogens is 1. The molecule has 2 rings (SSSR count). The molecule has 1 aliphatic carbocycles. The van der Waals surface area contributed by atoms with Gasteiger partial charge >= 0.3 is 0 Å². The lowest BCUT2D eigenvalue weighted by atomic mass is 9.99. The maximum Gasteiger partial charge on any atom is 0.234 e. The van der Waals surface area contributed by atoms with Crippen LogP contribution in [0.1, 0.15) is 25.7 Å². The second kappa shape index (κ2) is 8.10. The molecule has 1 amide bonds. The van der Waals surface area contributed by atoms with Crippen molar-refractivity contribution in [3.8, 4) is 5.75 Å². The van der Waals surface area contributed by atoms with Crippen LogP contribution < -0.4 is 15.4 Å². The van der Waals surface area contributed by atoms with Crippen molar-refractivity contribution in [2.45, 2.75) is 31.2 Å². The summed E-state index contributed by atoms with van der Waals surface area (Å²) < 4.78 is 18.3. The monoisotopic (exact) mass is 310 g/mol. The van der Waals surface area contributed by atoms with E-state index in [2.05, 4.69) is 10.6 Å². The summed E-state index contributed by atoms with van der Waals surface area (Å²) in [6.45, 7) is 0.868. The van der Waals surface area contributed by atoms with E-state index < -0.39 is 0 Å². The predicted molar refractivity (Wildman–Crippen MR) is 81.2 cm³/mol. The number of benzene rings is 1. The number of nitrogens with one attached hydrogen (secondary N) is 2. The maximum atomic E-state index is 12.9. The van der Waals surface area contributed by atoms with Crippen LogP contribution in [-0.2, 0) is 4.79 Å². The molecule has 1 aromatic carbocycles. The first-order valence-electron chi connectivity index (χ1n) is 7.64. The van der Waals surface area contributed by atoms with Crippen LogP contribution in [0.4, 0.5) is 4.39 Å². The number of hydrogen-bond acceptors (Lipinski definition) is 4. The van der Waals surface area contributed by atoms with Gasteiger partial charge in [0.1, 0.15) is 18.2 Å². The molecule has 6 heteroatoms. The smallest absolute Gasteiger partial charge is 0.234 e.